The Morgan fingerprint density at radius 1 is 0.970 bits per heavy atom. The number of amides is 2. The zero-order valence-electron chi connectivity index (χ0n) is 19.1. The predicted octanol–water partition coefficient (Wildman–Crippen LogP) is 4.24. The minimum absolute atomic E-state index is 0.00931. The quantitative estimate of drug-likeness (QED) is 0.609. The molecule has 6 nitrogen and oxygen atoms in total. The van der Waals surface area contributed by atoms with Gasteiger partial charge in [-0.05, 0) is 60.2 Å². The molecule has 0 N–H and O–H groups in total. The first-order chi connectivity index (χ1) is 16.0. The standard InChI is InChI=1S/C25H30N2O4S2/c1-18-4-5-20(16-22(18)30-2)24(29)27-12-10-26(11-13-27)23(28)17-31-21-8-6-19(7-9-21)25-32-14-3-15-33-25/h4-9,16,25H,3,10-15,17H2,1-2H3. The van der Waals surface area contributed by atoms with Crippen molar-refractivity contribution in [2.45, 2.75) is 17.9 Å². The van der Waals surface area contributed by atoms with Gasteiger partial charge in [-0.25, -0.2) is 0 Å². The third-order valence-corrected chi connectivity index (χ3v) is 8.93. The van der Waals surface area contributed by atoms with Crippen LogP contribution in [0.2, 0.25) is 0 Å². The van der Waals surface area contributed by atoms with Gasteiger partial charge in [0.05, 0.1) is 11.7 Å². The molecule has 2 aliphatic heterocycles. The van der Waals surface area contributed by atoms with Crippen molar-refractivity contribution in [3.63, 3.8) is 0 Å². The normalized spacial score (nSPS) is 17.0. The lowest BCUT2D eigenvalue weighted by Gasteiger charge is -2.34. The predicted molar refractivity (Wildman–Crippen MR) is 134 cm³/mol. The summed E-state index contributed by atoms with van der Waals surface area (Å²) in [4.78, 5) is 29.0. The van der Waals surface area contributed by atoms with Crippen molar-refractivity contribution in [1.82, 2.24) is 9.80 Å². The van der Waals surface area contributed by atoms with Crippen molar-refractivity contribution >= 4 is 35.3 Å². The fourth-order valence-corrected chi connectivity index (χ4v) is 6.83. The number of hydrogen-bond acceptors (Lipinski definition) is 6. The summed E-state index contributed by atoms with van der Waals surface area (Å²) in [5, 5.41) is 0. The summed E-state index contributed by atoms with van der Waals surface area (Å²) in [6, 6.07) is 13.6. The van der Waals surface area contributed by atoms with Crippen LogP contribution in [0.25, 0.3) is 0 Å². The third-order valence-electron chi connectivity index (χ3n) is 5.92. The van der Waals surface area contributed by atoms with Crippen LogP contribution in [0.1, 0.15) is 32.5 Å². The highest BCUT2D eigenvalue weighted by molar-refractivity contribution is 8.16. The molecule has 0 atom stereocenters. The first-order valence-corrected chi connectivity index (χ1v) is 13.3. The van der Waals surface area contributed by atoms with Crippen LogP contribution in [0.4, 0.5) is 0 Å². The van der Waals surface area contributed by atoms with Gasteiger partial charge in [0.15, 0.2) is 6.61 Å². The molecule has 0 saturated carbocycles. The van der Waals surface area contributed by atoms with E-state index in [1.54, 1.807) is 23.0 Å². The second kappa shape index (κ2) is 11.2. The van der Waals surface area contributed by atoms with Gasteiger partial charge < -0.3 is 19.3 Å². The fourth-order valence-electron chi connectivity index (χ4n) is 3.93. The molecule has 2 aliphatic rings. The van der Waals surface area contributed by atoms with Crippen LogP contribution in [0.5, 0.6) is 11.5 Å². The number of methoxy groups -OCH3 is 1. The Labute approximate surface area is 204 Å². The highest BCUT2D eigenvalue weighted by Crippen LogP contribution is 2.43. The summed E-state index contributed by atoms with van der Waals surface area (Å²) >= 11 is 3.98. The number of thioether (sulfide) groups is 2. The van der Waals surface area contributed by atoms with Gasteiger partial charge in [0.1, 0.15) is 11.5 Å². The topological polar surface area (TPSA) is 59.1 Å². The average Bonchev–Trinajstić information content (AvgIpc) is 2.88. The molecule has 0 spiro atoms. The number of piperazine rings is 1. The Morgan fingerprint density at radius 3 is 2.30 bits per heavy atom. The monoisotopic (exact) mass is 486 g/mol. The number of benzene rings is 2. The minimum Gasteiger partial charge on any atom is -0.496 e. The lowest BCUT2D eigenvalue weighted by molar-refractivity contribution is -0.134. The molecule has 33 heavy (non-hydrogen) atoms. The van der Waals surface area contributed by atoms with Crippen LogP contribution in [0.3, 0.4) is 0 Å². The molecule has 8 heteroatoms. The second-order valence-electron chi connectivity index (χ2n) is 8.14. The van der Waals surface area contributed by atoms with Gasteiger partial charge in [0.2, 0.25) is 0 Å². The van der Waals surface area contributed by atoms with E-state index in [1.807, 2.05) is 54.7 Å². The van der Waals surface area contributed by atoms with Crippen LogP contribution in [-0.2, 0) is 4.79 Å². The number of nitrogens with zero attached hydrogens (tertiary/aromatic N) is 2. The van der Waals surface area contributed by atoms with E-state index in [4.69, 9.17) is 9.47 Å². The number of carbonyl (C=O) groups excluding carboxylic acids is 2. The highest BCUT2D eigenvalue weighted by Gasteiger charge is 2.25. The minimum atomic E-state index is -0.0541. The molecule has 0 unspecified atom stereocenters. The second-order valence-corrected chi connectivity index (χ2v) is 10.9. The van der Waals surface area contributed by atoms with Gasteiger partial charge in [0, 0.05) is 31.7 Å². The van der Waals surface area contributed by atoms with Crippen molar-refractivity contribution in [3.05, 3.63) is 59.2 Å². The fraction of sp³-hybridized carbons (Fsp3) is 0.440. The maximum Gasteiger partial charge on any atom is 0.260 e. The maximum absolute atomic E-state index is 12.8. The molecule has 2 aromatic carbocycles. The van der Waals surface area contributed by atoms with Crippen LogP contribution in [0, 0.1) is 6.92 Å². The number of carbonyl (C=O) groups is 2. The van der Waals surface area contributed by atoms with Gasteiger partial charge in [-0.3, -0.25) is 9.59 Å². The van der Waals surface area contributed by atoms with E-state index in [0.717, 1.165) is 5.56 Å². The first-order valence-electron chi connectivity index (χ1n) is 11.2. The van der Waals surface area contributed by atoms with Crippen molar-refractivity contribution in [1.29, 1.82) is 0 Å². The first kappa shape index (κ1) is 23.8. The van der Waals surface area contributed by atoms with E-state index in [1.165, 1.54) is 23.5 Å². The molecule has 176 valence electrons. The summed E-state index contributed by atoms with van der Waals surface area (Å²) in [5.41, 5.74) is 2.90. The van der Waals surface area contributed by atoms with E-state index < -0.39 is 0 Å². The Kier molecular flexibility index (Phi) is 8.09. The van der Waals surface area contributed by atoms with Crippen molar-refractivity contribution < 1.29 is 19.1 Å². The van der Waals surface area contributed by atoms with Crippen molar-refractivity contribution in [2.24, 2.45) is 0 Å². The maximum atomic E-state index is 12.8. The zero-order chi connectivity index (χ0) is 23.2. The number of rotatable bonds is 6. The van der Waals surface area contributed by atoms with Gasteiger partial charge in [-0.2, -0.15) is 0 Å². The SMILES string of the molecule is COc1cc(C(=O)N2CCN(C(=O)COc3ccc(C4SCCCS4)cc3)CC2)ccc1C. The van der Waals surface area contributed by atoms with Crippen LogP contribution >= 0.6 is 23.5 Å². The van der Waals surface area contributed by atoms with E-state index in [0.29, 0.717) is 47.8 Å². The molecule has 0 radical (unpaired) electrons. The molecular formula is C25H30N2O4S2. The summed E-state index contributed by atoms with van der Waals surface area (Å²) in [6.07, 6.45) is 1.28. The number of ether oxygens (including phenoxy) is 2. The van der Waals surface area contributed by atoms with E-state index >= 15 is 0 Å². The van der Waals surface area contributed by atoms with Crippen LogP contribution in [-0.4, -0.2) is 73.0 Å². The summed E-state index contributed by atoms with van der Waals surface area (Å²) in [5.74, 6) is 3.74. The Bertz CT molecular complexity index is 969. The largest absolute Gasteiger partial charge is 0.496 e. The van der Waals surface area contributed by atoms with Gasteiger partial charge in [-0.15, -0.1) is 23.5 Å². The highest BCUT2D eigenvalue weighted by atomic mass is 32.2. The number of aryl methyl sites for hydroxylation is 1. The van der Waals surface area contributed by atoms with Crippen molar-refractivity contribution in [3.8, 4) is 11.5 Å². The van der Waals surface area contributed by atoms with E-state index in [9.17, 15) is 9.59 Å². The van der Waals surface area contributed by atoms with Gasteiger partial charge in [-0.1, -0.05) is 18.2 Å². The molecule has 0 aromatic heterocycles. The van der Waals surface area contributed by atoms with E-state index in [-0.39, 0.29) is 18.4 Å². The third kappa shape index (κ3) is 5.98. The molecule has 4 rings (SSSR count). The lowest BCUT2D eigenvalue weighted by atomic mass is 10.1. The Hall–Kier alpha value is -2.32. The smallest absolute Gasteiger partial charge is 0.260 e. The molecule has 0 bridgehead atoms. The molecule has 2 saturated heterocycles. The zero-order valence-corrected chi connectivity index (χ0v) is 20.8. The summed E-state index contributed by atoms with van der Waals surface area (Å²) in [6.45, 7) is 3.98. The molecular weight excluding hydrogens is 456 g/mol. The molecule has 2 aromatic rings. The Morgan fingerprint density at radius 2 is 1.64 bits per heavy atom. The Balaban J connectivity index is 1.24. The van der Waals surface area contributed by atoms with Crippen LogP contribution < -0.4 is 9.47 Å². The summed E-state index contributed by atoms with van der Waals surface area (Å²) in [7, 11) is 1.60. The molecule has 2 heterocycles. The van der Waals surface area contributed by atoms with Crippen molar-refractivity contribution in [2.75, 3.05) is 51.4 Å². The summed E-state index contributed by atoms with van der Waals surface area (Å²) < 4.78 is 11.6. The van der Waals surface area contributed by atoms with Crippen LogP contribution in [0.15, 0.2) is 42.5 Å². The molecule has 2 amide bonds. The lowest BCUT2D eigenvalue weighted by Crippen LogP contribution is -2.51. The molecule has 2 fully saturated rings. The molecule has 0 aliphatic carbocycles. The number of hydrogen-bond donors (Lipinski definition) is 0. The average molecular weight is 487 g/mol. The van der Waals surface area contributed by atoms with Gasteiger partial charge >= 0.3 is 0 Å². The van der Waals surface area contributed by atoms with E-state index in [2.05, 4.69) is 12.1 Å². The van der Waals surface area contributed by atoms with Gasteiger partial charge in [0.25, 0.3) is 11.8 Å².